The second kappa shape index (κ2) is 4.61. The van der Waals surface area contributed by atoms with Crippen LogP contribution in [0.5, 0.6) is 0 Å². The van der Waals surface area contributed by atoms with Crippen molar-refractivity contribution in [2.24, 2.45) is 0 Å². The highest BCUT2D eigenvalue weighted by Gasteiger charge is 2.01. The third-order valence-electron chi connectivity index (χ3n) is 1.97. The smallest absolute Gasteiger partial charge is 0.131 e. The molecule has 0 aromatic carbocycles. The SMILES string of the molecule is OCCc1nccc(-c2ccccn2)n1. The number of hydrogen-bond donors (Lipinski definition) is 1. The van der Waals surface area contributed by atoms with Gasteiger partial charge in [0.2, 0.25) is 0 Å². The molecule has 0 unspecified atom stereocenters. The van der Waals surface area contributed by atoms with Crippen molar-refractivity contribution in [3.8, 4) is 11.4 Å². The molecule has 0 spiro atoms. The van der Waals surface area contributed by atoms with Gasteiger partial charge in [0.25, 0.3) is 0 Å². The fourth-order valence-electron chi connectivity index (χ4n) is 1.28. The molecule has 1 N–H and O–H groups in total. The summed E-state index contributed by atoms with van der Waals surface area (Å²) >= 11 is 0. The molecule has 0 aliphatic carbocycles. The maximum absolute atomic E-state index is 8.79. The summed E-state index contributed by atoms with van der Waals surface area (Å²) in [4.78, 5) is 12.6. The van der Waals surface area contributed by atoms with Crippen molar-refractivity contribution < 1.29 is 5.11 Å². The van der Waals surface area contributed by atoms with Gasteiger partial charge in [-0.15, -0.1) is 0 Å². The lowest BCUT2D eigenvalue weighted by Gasteiger charge is -2.01. The summed E-state index contributed by atoms with van der Waals surface area (Å²) in [5, 5.41) is 8.79. The summed E-state index contributed by atoms with van der Waals surface area (Å²) in [5.41, 5.74) is 1.60. The topological polar surface area (TPSA) is 58.9 Å². The molecule has 2 aromatic rings. The van der Waals surface area contributed by atoms with Gasteiger partial charge in [0, 0.05) is 18.8 Å². The number of aliphatic hydroxyl groups is 1. The zero-order chi connectivity index (χ0) is 10.5. The fourth-order valence-corrected chi connectivity index (χ4v) is 1.28. The van der Waals surface area contributed by atoms with E-state index in [1.807, 2.05) is 24.3 Å². The first-order valence-electron chi connectivity index (χ1n) is 4.74. The first kappa shape index (κ1) is 9.73. The monoisotopic (exact) mass is 201 g/mol. The molecule has 4 nitrogen and oxygen atoms in total. The van der Waals surface area contributed by atoms with Gasteiger partial charge in [-0.3, -0.25) is 4.98 Å². The van der Waals surface area contributed by atoms with Crippen LogP contribution >= 0.6 is 0 Å². The molecule has 2 heterocycles. The first-order valence-corrected chi connectivity index (χ1v) is 4.74. The summed E-state index contributed by atoms with van der Waals surface area (Å²) in [5.74, 6) is 0.639. The molecule has 4 heteroatoms. The molecule has 0 bridgehead atoms. The van der Waals surface area contributed by atoms with Crippen molar-refractivity contribution in [1.82, 2.24) is 15.0 Å². The maximum Gasteiger partial charge on any atom is 0.131 e. The number of aromatic nitrogens is 3. The van der Waals surface area contributed by atoms with E-state index < -0.39 is 0 Å². The van der Waals surface area contributed by atoms with E-state index in [0.717, 1.165) is 11.4 Å². The Morgan fingerprint density at radius 2 is 1.93 bits per heavy atom. The van der Waals surface area contributed by atoms with Gasteiger partial charge in [0.1, 0.15) is 5.82 Å². The minimum Gasteiger partial charge on any atom is -0.396 e. The quantitative estimate of drug-likeness (QED) is 0.807. The molecule has 0 radical (unpaired) electrons. The van der Waals surface area contributed by atoms with Crippen LogP contribution in [0.2, 0.25) is 0 Å². The normalized spacial score (nSPS) is 10.2. The van der Waals surface area contributed by atoms with Crippen molar-refractivity contribution in [3.63, 3.8) is 0 Å². The van der Waals surface area contributed by atoms with Crippen LogP contribution in [0.1, 0.15) is 5.82 Å². The Balaban J connectivity index is 2.33. The summed E-state index contributed by atoms with van der Waals surface area (Å²) in [6.45, 7) is 0.0612. The summed E-state index contributed by atoms with van der Waals surface area (Å²) < 4.78 is 0. The van der Waals surface area contributed by atoms with Crippen LogP contribution in [0.3, 0.4) is 0 Å². The number of pyridine rings is 1. The van der Waals surface area contributed by atoms with E-state index in [2.05, 4.69) is 15.0 Å². The van der Waals surface area contributed by atoms with Crippen molar-refractivity contribution in [2.45, 2.75) is 6.42 Å². The molecular weight excluding hydrogens is 190 g/mol. The van der Waals surface area contributed by atoms with Crippen LogP contribution in [-0.2, 0) is 6.42 Å². The van der Waals surface area contributed by atoms with Crippen molar-refractivity contribution in [2.75, 3.05) is 6.61 Å². The van der Waals surface area contributed by atoms with Gasteiger partial charge < -0.3 is 5.11 Å². The highest BCUT2D eigenvalue weighted by atomic mass is 16.3. The molecule has 0 aliphatic rings. The molecule has 0 amide bonds. The first-order chi connectivity index (χ1) is 7.40. The van der Waals surface area contributed by atoms with Crippen molar-refractivity contribution in [3.05, 3.63) is 42.5 Å². The molecule has 0 saturated heterocycles. The van der Waals surface area contributed by atoms with Gasteiger partial charge >= 0.3 is 0 Å². The Hall–Kier alpha value is -1.81. The van der Waals surface area contributed by atoms with Gasteiger partial charge in [0.15, 0.2) is 0 Å². The van der Waals surface area contributed by atoms with Crippen molar-refractivity contribution in [1.29, 1.82) is 0 Å². The van der Waals surface area contributed by atoms with E-state index in [4.69, 9.17) is 5.11 Å². The second-order valence-electron chi connectivity index (χ2n) is 3.05. The number of aliphatic hydroxyl groups excluding tert-OH is 1. The van der Waals surface area contributed by atoms with Gasteiger partial charge in [0.05, 0.1) is 18.0 Å². The highest BCUT2D eigenvalue weighted by Crippen LogP contribution is 2.12. The van der Waals surface area contributed by atoms with Crippen LogP contribution in [-0.4, -0.2) is 26.7 Å². The second-order valence-corrected chi connectivity index (χ2v) is 3.05. The fraction of sp³-hybridized carbons (Fsp3) is 0.182. The molecular formula is C11H11N3O. The summed E-state index contributed by atoms with van der Waals surface area (Å²) in [6, 6.07) is 7.48. The molecule has 0 atom stereocenters. The largest absolute Gasteiger partial charge is 0.396 e. The number of hydrogen-bond acceptors (Lipinski definition) is 4. The van der Waals surface area contributed by atoms with Gasteiger partial charge in [-0.05, 0) is 18.2 Å². The zero-order valence-corrected chi connectivity index (χ0v) is 8.17. The highest BCUT2D eigenvalue weighted by molar-refractivity contribution is 5.52. The van der Waals surface area contributed by atoms with E-state index in [9.17, 15) is 0 Å². The van der Waals surface area contributed by atoms with E-state index in [1.54, 1.807) is 12.4 Å². The van der Waals surface area contributed by atoms with Crippen LogP contribution in [0.25, 0.3) is 11.4 Å². The Morgan fingerprint density at radius 3 is 2.67 bits per heavy atom. The Bertz CT molecular complexity index is 431. The van der Waals surface area contributed by atoms with Gasteiger partial charge in [-0.25, -0.2) is 9.97 Å². The van der Waals surface area contributed by atoms with Crippen LogP contribution < -0.4 is 0 Å². The third kappa shape index (κ3) is 2.35. The Labute approximate surface area is 87.7 Å². The van der Waals surface area contributed by atoms with E-state index in [0.29, 0.717) is 12.2 Å². The molecule has 2 rings (SSSR count). The molecule has 15 heavy (non-hydrogen) atoms. The minimum atomic E-state index is 0.0612. The molecule has 0 fully saturated rings. The standard InChI is InChI=1S/C11H11N3O/c15-8-5-11-13-7-4-10(14-11)9-3-1-2-6-12-9/h1-4,6-7,15H,5,8H2. The predicted octanol–water partition coefficient (Wildman–Crippen LogP) is 1.07. The van der Waals surface area contributed by atoms with E-state index in [1.165, 1.54) is 0 Å². The van der Waals surface area contributed by atoms with Crippen LogP contribution in [0, 0.1) is 0 Å². The Morgan fingerprint density at radius 1 is 1.00 bits per heavy atom. The number of rotatable bonds is 3. The van der Waals surface area contributed by atoms with E-state index in [-0.39, 0.29) is 6.61 Å². The average Bonchev–Trinajstić information content (AvgIpc) is 2.31. The third-order valence-corrected chi connectivity index (χ3v) is 1.97. The Kier molecular flexibility index (Phi) is 2.99. The molecule has 76 valence electrons. The van der Waals surface area contributed by atoms with Crippen molar-refractivity contribution >= 4 is 0 Å². The van der Waals surface area contributed by atoms with Gasteiger partial charge in [-0.1, -0.05) is 6.07 Å². The predicted molar refractivity (Wildman–Crippen MR) is 56.1 cm³/mol. The molecule has 0 saturated carbocycles. The molecule has 0 aliphatic heterocycles. The maximum atomic E-state index is 8.79. The summed E-state index contributed by atoms with van der Waals surface area (Å²) in [7, 11) is 0. The average molecular weight is 201 g/mol. The minimum absolute atomic E-state index is 0.0612. The lowest BCUT2D eigenvalue weighted by atomic mass is 10.2. The van der Waals surface area contributed by atoms with Crippen LogP contribution in [0.4, 0.5) is 0 Å². The number of nitrogens with zero attached hydrogens (tertiary/aromatic N) is 3. The van der Waals surface area contributed by atoms with E-state index >= 15 is 0 Å². The lowest BCUT2D eigenvalue weighted by molar-refractivity contribution is 0.296. The summed E-state index contributed by atoms with van der Waals surface area (Å²) in [6.07, 6.45) is 3.88. The zero-order valence-electron chi connectivity index (χ0n) is 8.17. The van der Waals surface area contributed by atoms with Crippen LogP contribution in [0.15, 0.2) is 36.7 Å². The molecule has 2 aromatic heterocycles. The van der Waals surface area contributed by atoms with Gasteiger partial charge in [-0.2, -0.15) is 0 Å². The lowest BCUT2D eigenvalue weighted by Crippen LogP contribution is -1.99.